The molecule has 37 heavy (non-hydrogen) atoms. The van der Waals surface area contributed by atoms with E-state index in [0.29, 0.717) is 21.9 Å². The van der Waals surface area contributed by atoms with Gasteiger partial charge in [-0.05, 0) is 24.6 Å². The molecule has 1 N–H and O–H groups in total. The topological polar surface area (TPSA) is 77.1 Å². The Balaban J connectivity index is 1.61. The van der Waals surface area contributed by atoms with Gasteiger partial charge in [-0.3, -0.25) is 14.2 Å². The van der Waals surface area contributed by atoms with Gasteiger partial charge < -0.3 is 9.67 Å². The number of aromatic nitrogens is 3. The first-order chi connectivity index (χ1) is 18.1. The summed E-state index contributed by atoms with van der Waals surface area (Å²) in [5.74, 6) is -1.11. The van der Waals surface area contributed by atoms with E-state index in [0.717, 1.165) is 42.1 Å². The molecule has 0 saturated heterocycles. The number of carbonyl (C=O) groups is 1. The lowest BCUT2D eigenvalue weighted by atomic mass is 10.1. The van der Waals surface area contributed by atoms with Crippen molar-refractivity contribution < 1.29 is 9.90 Å². The van der Waals surface area contributed by atoms with Crippen LogP contribution >= 0.6 is 11.8 Å². The number of carboxylic acids is 1. The summed E-state index contributed by atoms with van der Waals surface area (Å²) in [6, 6.07) is 17.3. The lowest BCUT2D eigenvalue weighted by molar-refractivity contribution is -0.133. The highest BCUT2D eigenvalue weighted by atomic mass is 32.2. The minimum absolute atomic E-state index is 0.160. The second kappa shape index (κ2) is 13.5. The Labute approximate surface area is 222 Å². The minimum atomic E-state index is -0.942. The largest absolute Gasteiger partial charge is 0.481 e. The van der Waals surface area contributed by atoms with E-state index in [9.17, 15) is 14.7 Å². The van der Waals surface area contributed by atoms with Crippen molar-refractivity contribution in [1.82, 2.24) is 14.1 Å². The molecule has 7 heteroatoms. The molecule has 0 unspecified atom stereocenters. The standard InChI is InChI=1S/C30H37N3O3S/c1-2-3-4-5-6-7-8-9-10-16-21-32-25-20-15-14-19-24(25)27-28(32)29(36)33(23-17-12-11-13-18-23)30(31-27)37-22-26(34)35/h11-15,17-20H,2-10,16,21-22H2,1H3,(H,34,35). The van der Waals surface area contributed by atoms with E-state index in [-0.39, 0.29) is 11.3 Å². The summed E-state index contributed by atoms with van der Waals surface area (Å²) in [6.07, 6.45) is 12.6. The van der Waals surface area contributed by atoms with E-state index < -0.39 is 5.97 Å². The molecule has 0 bridgehead atoms. The van der Waals surface area contributed by atoms with Gasteiger partial charge in [-0.1, -0.05) is 113 Å². The monoisotopic (exact) mass is 519 g/mol. The van der Waals surface area contributed by atoms with Gasteiger partial charge in [0.15, 0.2) is 5.16 Å². The van der Waals surface area contributed by atoms with Gasteiger partial charge in [-0.2, -0.15) is 0 Å². The Morgan fingerprint density at radius 1 is 0.865 bits per heavy atom. The molecular weight excluding hydrogens is 482 g/mol. The molecule has 2 heterocycles. The summed E-state index contributed by atoms with van der Waals surface area (Å²) < 4.78 is 3.68. The first-order valence-electron chi connectivity index (χ1n) is 13.6. The van der Waals surface area contributed by atoms with Crippen LogP contribution in [0.25, 0.3) is 27.6 Å². The van der Waals surface area contributed by atoms with E-state index in [1.165, 1.54) is 51.4 Å². The number of aryl methyl sites for hydroxylation is 1. The molecule has 0 aliphatic heterocycles. The highest BCUT2D eigenvalue weighted by molar-refractivity contribution is 7.99. The van der Waals surface area contributed by atoms with Crippen molar-refractivity contribution in [1.29, 1.82) is 0 Å². The SMILES string of the molecule is CCCCCCCCCCCCn1c2ccccc2c2nc(SCC(=O)O)n(-c3ccccc3)c(=O)c21. The third kappa shape index (κ3) is 6.63. The number of thioether (sulfide) groups is 1. The maximum Gasteiger partial charge on any atom is 0.313 e. The van der Waals surface area contributed by atoms with E-state index in [4.69, 9.17) is 4.98 Å². The number of hydrogen-bond donors (Lipinski definition) is 1. The lowest BCUT2D eigenvalue weighted by Crippen LogP contribution is -2.24. The molecule has 0 radical (unpaired) electrons. The molecule has 0 amide bonds. The summed E-state index contributed by atoms with van der Waals surface area (Å²) in [5.41, 5.74) is 2.75. The molecule has 0 fully saturated rings. The Hall–Kier alpha value is -3.06. The Morgan fingerprint density at radius 3 is 2.16 bits per heavy atom. The van der Waals surface area contributed by atoms with Crippen LogP contribution < -0.4 is 5.56 Å². The molecule has 196 valence electrons. The highest BCUT2D eigenvalue weighted by Crippen LogP contribution is 2.29. The lowest BCUT2D eigenvalue weighted by Gasteiger charge is -2.13. The summed E-state index contributed by atoms with van der Waals surface area (Å²) in [5, 5.41) is 10.6. The van der Waals surface area contributed by atoms with Crippen LogP contribution in [0.3, 0.4) is 0 Å². The van der Waals surface area contributed by atoms with E-state index >= 15 is 0 Å². The predicted molar refractivity (Wildman–Crippen MR) is 153 cm³/mol. The van der Waals surface area contributed by atoms with Crippen molar-refractivity contribution in [3.63, 3.8) is 0 Å². The molecule has 0 aliphatic rings. The Bertz CT molecular complexity index is 1380. The molecule has 0 atom stereocenters. The average Bonchev–Trinajstić information content (AvgIpc) is 3.23. The fourth-order valence-electron chi connectivity index (χ4n) is 4.97. The van der Waals surface area contributed by atoms with Crippen LogP contribution in [0.1, 0.15) is 71.1 Å². The van der Waals surface area contributed by atoms with Crippen LogP contribution in [0.4, 0.5) is 0 Å². The number of carboxylic acid groups (broad SMARTS) is 1. The molecule has 4 rings (SSSR count). The van der Waals surface area contributed by atoms with Gasteiger partial charge in [0.2, 0.25) is 0 Å². The molecule has 2 aromatic heterocycles. The summed E-state index contributed by atoms with van der Waals surface area (Å²) in [7, 11) is 0. The number of nitrogens with zero attached hydrogens (tertiary/aromatic N) is 3. The zero-order valence-electron chi connectivity index (χ0n) is 21.7. The predicted octanol–water partition coefficient (Wildman–Crippen LogP) is 7.44. The van der Waals surface area contributed by atoms with Gasteiger partial charge in [0.05, 0.1) is 17.0 Å². The summed E-state index contributed by atoms with van der Waals surface area (Å²) >= 11 is 1.07. The van der Waals surface area contributed by atoms with Crippen LogP contribution in [0.2, 0.25) is 0 Å². The van der Waals surface area contributed by atoms with Crippen LogP contribution in [-0.2, 0) is 11.3 Å². The molecule has 0 saturated carbocycles. The maximum atomic E-state index is 14.0. The first kappa shape index (κ1) is 27.0. The fourth-order valence-corrected chi connectivity index (χ4v) is 5.70. The number of benzene rings is 2. The van der Waals surface area contributed by atoms with Crippen molar-refractivity contribution in [3.05, 3.63) is 65.0 Å². The quantitative estimate of drug-likeness (QED) is 0.100. The normalized spacial score (nSPS) is 11.5. The number of aliphatic carboxylic acids is 1. The first-order valence-corrected chi connectivity index (χ1v) is 14.5. The average molecular weight is 520 g/mol. The zero-order valence-corrected chi connectivity index (χ0v) is 22.5. The maximum absolute atomic E-state index is 14.0. The summed E-state index contributed by atoms with van der Waals surface area (Å²) in [4.78, 5) is 30.2. The third-order valence-corrected chi connectivity index (χ3v) is 7.75. The van der Waals surface area contributed by atoms with Crippen LogP contribution in [0, 0.1) is 0 Å². The van der Waals surface area contributed by atoms with Crippen molar-refractivity contribution in [3.8, 4) is 5.69 Å². The van der Waals surface area contributed by atoms with Crippen LogP contribution in [0.5, 0.6) is 0 Å². The highest BCUT2D eigenvalue weighted by Gasteiger charge is 2.21. The Kier molecular flexibility index (Phi) is 9.83. The summed E-state index contributed by atoms with van der Waals surface area (Å²) in [6.45, 7) is 3.01. The third-order valence-electron chi connectivity index (χ3n) is 6.82. The molecule has 0 aliphatic carbocycles. The fraction of sp³-hybridized carbons (Fsp3) is 0.433. The minimum Gasteiger partial charge on any atom is -0.481 e. The smallest absolute Gasteiger partial charge is 0.313 e. The van der Waals surface area contributed by atoms with E-state index in [1.54, 1.807) is 4.57 Å². The molecular formula is C30H37N3O3S. The number of para-hydroxylation sites is 2. The number of unbranched alkanes of at least 4 members (excludes halogenated alkanes) is 9. The number of fused-ring (bicyclic) bond motifs is 3. The van der Waals surface area contributed by atoms with Gasteiger partial charge >= 0.3 is 5.97 Å². The molecule has 0 spiro atoms. The molecule has 6 nitrogen and oxygen atoms in total. The van der Waals surface area contributed by atoms with Gasteiger partial charge in [0.1, 0.15) is 11.0 Å². The van der Waals surface area contributed by atoms with Gasteiger partial charge in [-0.25, -0.2) is 4.98 Å². The van der Waals surface area contributed by atoms with Crippen LogP contribution in [0.15, 0.2) is 64.5 Å². The second-order valence-electron chi connectivity index (χ2n) is 9.60. The van der Waals surface area contributed by atoms with Crippen molar-refractivity contribution in [2.24, 2.45) is 0 Å². The Morgan fingerprint density at radius 2 is 1.49 bits per heavy atom. The zero-order chi connectivity index (χ0) is 26.0. The van der Waals surface area contributed by atoms with E-state index in [1.807, 2.05) is 54.6 Å². The van der Waals surface area contributed by atoms with Crippen molar-refractivity contribution in [2.75, 3.05) is 5.75 Å². The van der Waals surface area contributed by atoms with E-state index in [2.05, 4.69) is 11.5 Å². The van der Waals surface area contributed by atoms with Crippen LogP contribution in [-0.4, -0.2) is 30.9 Å². The number of hydrogen-bond acceptors (Lipinski definition) is 4. The van der Waals surface area contributed by atoms with Gasteiger partial charge in [0, 0.05) is 11.9 Å². The molecule has 4 aromatic rings. The van der Waals surface area contributed by atoms with Crippen molar-refractivity contribution in [2.45, 2.75) is 82.8 Å². The van der Waals surface area contributed by atoms with Crippen molar-refractivity contribution >= 4 is 39.7 Å². The van der Waals surface area contributed by atoms with Gasteiger partial charge in [0.25, 0.3) is 5.56 Å². The second-order valence-corrected chi connectivity index (χ2v) is 10.5. The van der Waals surface area contributed by atoms with Gasteiger partial charge in [-0.15, -0.1) is 0 Å². The number of rotatable bonds is 15. The molecule has 2 aromatic carbocycles.